The number of para-hydroxylation sites is 3. The van der Waals surface area contributed by atoms with E-state index in [0.29, 0.717) is 11.0 Å². The number of thioether (sulfide) groups is 1. The van der Waals surface area contributed by atoms with Crippen LogP contribution in [0.5, 0.6) is 0 Å². The summed E-state index contributed by atoms with van der Waals surface area (Å²) in [5.41, 5.74) is 3.40. The van der Waals surface area contributed by atoms with Crippen molar-refractivity contribution < 1.29 is 4.79 Å². The molecule has 172 valence electrons. The number of nitrogens with zero attached hydrogens (tertiary/aromatic N) is 5. The molecule has 0 bridgehead atoms. The summed E-state index contributed by atoms with van der Waals surface area (Å²) in [5.74, 6) is 0.632. The Morgan fingerprint density at radius 2 is 1.40 bits per heavy atom. The van der Waals surface area contributed by atoms with Gasteiger partial charge in [0.25, 0.3) is 0 Å². The lowest BCUT2D eigenvalue weighted by atomic mass is 10.2. The summed E-state index contributed by atoms with van der Waals surface area (Å²) in [7, 11) is 0. The summed E-state index contributed by atoms with van der Waals surface area (Å²) >= 11 is 1.38. The fourth-order valence-corrected chi connectivity index (χ4v) is 4.69. The van der Waals surface area contributed by atoms with Crippen LogP contribution in [0.2, 0.25) is 0 Å². The summed E-state index contributed by atoms with van der Waals surface area (Å²) in [6.07, 6.45) is 3.49. The minimum Gasteiger partial charge on any atom is -0.280 e. The highest BCUT2D eigenvalue weighted by molar-refractivity contribution is 8.00. The van der Waals surface area contributed by atoms with Crippen LogP contribution in [0.15, 0.2) is 121 Å². The average molecular weight is 478 g/mol. The summed E-state index contributed by atoms with van der Waals surface area (Å²) < 4.78 is 1.97. The van der Waals surface area contributed by atoms with Gasteiger partial charge in [0, 0.05) is 35.0 Å². The summed E-state index contributed by atoms with van der Waals surface area (Å²) in [4.78, 5) is 19.8. The number of amides is 1. The maximum Gasteiger partial charge on any atom is 0.244 e. The number of benzene rings is 3. The van der Waals surface area contributed by atoms with Crippen LogP contribution in [0.25, 0.3) is 17.1 Å². The van der Waals surface area contributed by atoms with Crippen LogP contribution in [0.3, 0.4) is 0 Å². The SMILES string of the molecule is CC(Sc1nnc(-c2cccnc2)n1-c1ccccc1)C(=O)N(c1ccccc1)c1ccccc1. The van der Waals surface area contributed by atoms with Crippen molar-refractivity contribution in [3.05, 3.63) is 116 Å². The van der Waals surface area contributed by atoms with Gasteiger partial charge in [0.15, 0.2) is 11.0 Å². The first-order chi connectivity index (χ1) is 17.2. The smallest absolute Gasteiger partial charge is 0.244 e. The number of carbonyl (C=O) groups is 1. The Morgan fingerprint density at radius 3 is 1.97 bits per heavy atom. The highest BCUT2D eigenvalue weighted by Crippen LogP contribution is 2.33. The van der Waals surface area contributed by atoms with Crippen molar-refractivity contribution in [2.75, 3.05) is 4.90 Å². The molecule has 2 heterocycles. The van der Waals surface area contributed by atoms with Crippen molar-refractivity contribution >= 4 is 29.0 Å². The molecule has 0 radical (unpaired) electrons. The molecule has 35 heavy (non-hydrogen) atoms. The van der Waals surface area contributed by atoms with E-state index in [0.717, 1.165) is 22.6 Å². The predicted molar refractivity (Wildman–Crippen MR) is 140 cm³/mol. The first kappa shape index (κ1) is 22.6. The summed E-state index contributed by atoms with van der Waals surface area (Å²) in [6, 6.07) is 33.1. The van der Waals surface area contributed by atoms with Gasteiger partial charge >= 0.3 is 0 Å². The van der Waals surface area contributed by atoms with Crippen molar-refractivity contribution in [2.24, 2.45) is 0 Å². The van der Waals surface area contributed by atoms with Crippen LogP contribution in [0.4, 0.5) is 11.4 Å². The van der Waals surface area contributed by atoms with Crippen LogP contribution < -0.4 is 4.90 Å². The number of hydrogen-bond donors (Lipinski definition) is 0. The highest BCUT2D eigenvalue weighted by atomic mass is 32.2. The largest absolute Gasteiger partial charge is 0.280 e. The molecular formula is C28H23N5OS. The van der Waals surface area contributed by atoms with Gasteiger partial charge in [0.2, 0.25) is 5.91 Å². The Labute approximate surface area is 208 Å². The van der Waals surface area contributed by atoms with Gasteiger partial charge in [-0.25, -0.2) is 0 Å². The minimum atomic E-state index is -0.427. The molecule has 0 aliphatic carbocycles. The van der Waals surface area contributed by atoms with Gasteiger partial charge in [-0.15, -0.1) is 10.2 Å². The average Bonchev–Trinajstić information content (AvgIpc) is 3.34. The molecule has 0 spiro atoms. The molecule has 1 atom stereocenters. The molecule has 1 amide bonds. The second-order valence-electron chi connectivity index (χ2n) is 7.82. The second kappa shape index (κ2) is 10.4. The molecular weight excluding hydrogens is 454 g/mol. The molecule has 1 unspecified atom stereocenters. The quantitative estimate of drug-likeness (QED) is 0.262. The third-order valence-corrected chi connectivity index (χ3v) is 6.48. The number of aromatic nitrogens is 4. The lowest BCUT2D eigenvalue weighted by Gasteiger charge is -2.26. The van der Waals surface area contributed by atoms with E-state index >= 15 is 0 Å². The molecule has 0 aliphatic rings. The molecule has 0 saturated heterocycles. The first-order valence-corrected chi connectivity index (χ1v) is 12.1. The Morgan fingerprint density at radius 1 is 0.800 bits per heavy atom. The number of rotatable bonds is 7. The van der Waals surface area contributed by atoms with Gasteiger partial charge in [0.1, 0.15) is 0 Å². The van der Waals surface area contributed by atoms with E-state index in [-0.39, 0.29) is 5.91 Å². The maximum absolute atomic E-state index is 13.8. The summed E-state index contributed by atoms with van der Waals surface area (Å²) in [6.45, 7) is 1.90. The van der Waals surface area contributed by atoms with Crippen molar-refractivity contribution in [2.45, 2.75) is 17.3 Å². The molecule has 7 heteroatoms. The normalized spacial score (nSPS) is 11.7. The Bertz CT molecular complexity index is 1350. The van der Waals surface area contributed by atoms with Crippen LogP contribution in [-0.2, 0) is 4.79 Å². The van der Waals surface area contributed by atoms with E-state index in [1.54, 1.807) is 17.3 Å². The van der Waals surface area contributed by atoms with Crippen LogP contribution >= 0.6 is 11.8 Å². The van der Waals surface area contributed by atoms with E-state index in [4.69, 9.17) is 0 Å². The van der Waals surface area contributed by atoms with E-state index in [1.807, 2.05) is 115 Å². The van der Waals surface area contributed by atoms with Gasteiger partial charge in [-0.2, -0.15) is 0 Å². The van der Waals surface area contributed by atoms with Crippen molar-refractivity contribution in [3.8, 4) is 17.1 Å². The zero-order valence-corrected chi connectivity index (χ0v) is 19.9. The van der Waals surface area contributed by atoms with Crippen molar-refractivity contribution in [1.82, 2.24) is 19.7 Å². The molecule has 2 aromatic heterocycles. The third kappa shape index (κ3) is 4.85. The van der Waals surface area contributed by atoms with Crippen molar-refractivity contribution in [3.63, 3.8) is 0 Å². The number of anilines is 2. The van der Waals surface area contributed by atoms with Gasteiger partial charge in [-0.3, -0.25) is 19.2 Å². The zero-order chi connectivity index (χ0) is 24.0. The molecule has 0 aliphatic heterocycles. The van der Waals surface area contributed by atoms with Crippen LogP contribution in [-0.4, -0.2) is 30.9 Å². The molecule has 0 saturated carbocycles. The topological polar surface area (TPSA) is 63.9 Å². The number of carbonyl (C=O) groups excluding carboxylic acids is 1. The van der Waals surface area contributed by atoms with Crippen LogP contribution in [0, 0.1) is 0 Å². The maximum atomic E-state index is 13.8. The number of pyridine rings is 1. The third-order valence-electron chi connectivity index (χ3n) is 5.45. The molecule has 5 aromatic rings. The minimum absolute atomic E-state index is 0.0436. The molecule has 3 aromatic carbocycles. The van der Waals surface area contributed by atoms with E-state index in [1.165, 1.54) is 11.8 Å². The zero-order valence-electron chi connectivity index (χ0n) is 19.1. The van der Waals surface area contributed by atoms with E-state index < -0.39 is 5.25 Å². The van der Waals surface area contributed by atoms with Crippen molar-refractivity contribution in [1.29, 1.82) is 0 Å². The van der Waals surface area contributed by atoms with Crippen LogP contribution in [0.1, 0.15) is 6.92 Å². The standard InChI is InChI=1S/C28H23N5OS/c1-21(27(34)32(23-13-5-2-6-14-23)24-15-7-3-8-16-24)35-28-31-30-26(22-12-11-19-29-20-22)33(28)25-17-9-4-10-18-25/h2-21H,1H3. The fourth-order valence-electron chi connectivity index (χ4n) is 3.79. The first-order valence-electron chi connectivity index (χ1n) is 11.2. The molecule has 5 rings (SSSR count). The Hall–Kier alpha value is -4.23. The Balaban J connectivity index is 1.51. The lowest BCUT2D eigenvalue weighted by molar-refractivity contribution is -0.117. The molecule has 6 nitrogen and oxygen atoms in total. The Kier molecular flexibility index (Phi) is 6.68. The van der Waals surface area contributed by atoms with Gasteiger partial charge < -0.3 is 0 Å². The van der Waals surface area contributed by atoms with Gasteiger partial charge in [-0.05, 0) is 55.5 Å². The molecule has 0 fully saturated rings. The van der Waals surface area contributed by atoms with Gasteiger partial charge in [0.05, 0.1) is 5.25 Å². The molecule has 0 N–H and O–H groups in total. The van der Waals surface area contributed by atoms with E-state index in [2.05, 4.69) is 15.2 Å². The predicted octanol–water partition coefficient (Wildman–Crippen LogP) is 6.17. The number of hydrogen-bond acceptors (Lipinski definition) is 5. The van der Waals surface area contributed by atoms with E-state index in [9.17, 15) is 4.79 Å². The lowest BCUT2D eigenvalue weighted by Crippen LogP contribution is -2.33. The monoisotopic (exact) mass is 477 g/mol. The fraction of sp³-hybridized carbons (Fsp3) is 0.0714. The summed E-state index contributed by atoms with van der Waals surface area (Å²) in [5, 5.41) is 9.15. The van der Waals surface area contributed by atoms with Gasteiger partial charge in [-0.1, -0.05) is 66.4 Å². The second-order valence-corrected chi connectivity index (χ2v) is 9.13. The highest BCUT2D eigenvalue weighted by Gasteiger charge is 2.27.